The average molecular weight is 420 g/mol. The predicted molar refractivity (Wildman–Crippen MR) is 115 cm³/mol. The molecule has 0 radical (unpaired) electrons. The first-order valence-corrected chi connectivity index (χ1v) is 10.4. The molecular formula is C25H25FN2O3. The molecule has 0 spiro atoms. The van der Waals surface area contributed by atoms with Crippen LogP contribution in [0.4, 0.5) is 4.39 Å². The van der Waals surface area contributed by atoms with Crippen molar-refractivity contribution in [3.63, 3.8) is 0 Å². The molecule has 1 fully saturated rings. The minimum atomic E-state index is -0.466. The fraction of sp³-hybridized carbons (Fsp3) is 0.280. The first kappa shape index (κ1) is 20.8. The number of furan rings is 1. The monoisotopic (exact) mass is 420 g/mol. The van der Waals surface area contributed by atoms with E-state index in [0.717, 1.165) is 24.2 Å². The lowest BCUT2D eigenvalue weighted by Crippen LogP contribution is -2.43. The SMILES string of the molecule is Cc1ccc(CN(Cc2ccccc2)C(=O)CN(C(=O)c2cccc(F)c2)C2CC2)o1. The molecule has 0 bridgehead atoms. The Morgan fingerprint density at radius 2 is 1.77 bits per heavy atom. The molecule has 0 saturated heterocycles. The maximum absolute atomic E-state index is 13.6. The van der Waals surface area contributed by atoms with Crippen LogP contribution in [0.15, 0.2) is 71.1 Å². The highest BCUT2D eigenvalue weighted by molar-refractivity contribution is 5.97. The Bertz CT molecular complexity index is 1060. The number of rotatable bonds is 8. The third-order valence-electron chi connectivity index (χ3n) is 5.34. The summed E-state index contributed by atoms with van der Waals surface area (Å²) in [5, 5.41) is 0. The van der Waals surface area contributed by atoms with Gasteiger partial charge in [-0.05, 0) is 55.7 Å². The molecule has 2 aromatic carbocycles. The summed E-state index contributed by atoms with van der Waals surface area (Å²) >= 11 is 0. The maximum atomic E-state index is 13.6. The summed E-state index contributed by atoms with van der Waals surface area (Å²) in [6, 6.07) is 19.1. The van der Waals surface area contributed by atoms with E-state index in [0.29, 0.717) is 18.8 Å². The first-order valence-electron chi connectivity index (χ1n) is 10.4. The Hall–Kier alpha value is -3.41. The van der Waals surface area contributed by atoms with Crippen molar-refractivity contribution in [3.8, 4) is 0 Å². The minimum absolute atomic E-state index is 0.0177. The molecule has 5 nitrogen and oxygen atoms in total. The Balaban J connectivity index is 1.53. The van der Waals surface area contributed by atoms with Gasteiger partial charge in [0.1, 0.15) is 23.9 Å². The second-order valence-corrected chi connectivity index (χ2v) is 7.92. The van der Waals surface area contributed by atoms with Gasteiger partial charge < -0.3 is 14.2 Å². The fourth-order valence-corrected chi connectivity index (χ4v) is 3.58. The van der Waals surface area contributed by atoms with E-state index in [2.05, 4.69) is 0 Å². The lowest BCUT2D eigenvalue weighted by atomic mass is 10.1. The lowest BCUT2D eigenvalue weighted by Gasteiger charge is -2.27. The third-order valence-corrected chi connectivity index (χ3v) is 5.34. The summed E-state index contributed by atoms with van der Waals surface area (Å²) < 4.78 is 19.3. The number of halogens is 1. The topological polar surface area (TPSA) is 53.8 Å². The van der Waals surface area contributed by atoms with E-state index in [4.69, 9.17) is 4.42 Å². The van der Waals surface area contributed by atoms with Gasteiger partial charge in [-0.3, -0.25) is 9.59 Å². The molecule has 31 heavy (non-hydrogen) atoms. The smallest absolute Gasteiger partial charge is 0.254 e. The molecule has 1 aromatic heterocycles. The van der Waals surface area contributed by atoms with Crippen LogP contribution in [0.2, 0.25) is 0 Å². The van der Waals surface area contributed by atoms with E-state index < -0.39 is 5.82 Å². The second-order valence-electron chi connectivity index (χ2n) is 7.92. The molecular weight excluding hydrogens is 395 g/mol. The molecule has 1 aliphatic carbocycles. The van der Waals surface area contributed by atoms with E-state index in [-0.39, 0.29) is 30.0 Å². The van der Waals surface area contributed by atoms with E-state index in [1.165, 1.54) is 18.2 Å². The van der Waals surface area contributed by atoms with Crippen LogP contribution in [0.25, 0.3) is 0 Å². The number of carbonyl (C=O) groups is 2. The van der Waals surface area contributed by atoms with Gasteiger partial charge in [-0.1, -0.05) is 36.4 Å². The van der Waals surface area contributed by atoms with Gasteiger partial charge in [-0.25, -0.2) is 4.39 Å². The van der Waals surface area contributed by atoms with Crippen molar-refractivity contribution in [2.24, 2.45) is 0 Å². The summed E-state index contributed by atoms with van der Waals surface area (Å²) in [5.74, 6) is 0.518. The van der Waals surface area contributed by atoms with Gasteiger partial charge in [0.15, 0.2) is 0 Å². The maximum Gasteiger partial charge on any atom is 0.254 e. The first-order chi connectivity index (χ1) is 15.0. The van der Waals surface area contributed by atoms with Crippen molar-refractivity contribution < 1.29 is 18.4 Å². The molecule has 0 N–H and O–H groups in total. The van der Waals surface area contributed by atoms with Crippen LogP contribution in [0, 0.1) is 12.7 Å². The second kappa shape index (κ2) is 9.16. The zero-order valence-electron chi connectivity index (χ0n) is 17.5. The van der Waals surface area contributed by atoms with Crippen LogP contribution in [-0.2, 0) is 17.9 Å². The number of aryl methyl sites for hydroxylation is 1. The summed E-state index contributed by atoms with van der Waals surface area (Å²) in [6.45, 7) is 2.53. The normalized spacial score (nSPS) is 13.1. The number of benzene rings is 2. The highest BCUT2D eigenvalue weighted by Crippen LogP contribution is 2.28. The van der Waals surface area contributed by atoms with Gasteiger partial charge in [0, 0.05) is 18.2 Å². The Morgan fingerprint density at radius 3 is 2.42 bits per heavy atom. The number of hydrogen-bond donors (Lipinski definition) is 0. The van der Waals surface area contributed by atoms with E-state index >= 15 is 0 Å². The standard InChI is InChI=1S/C25H25FN2O3/c1-18-10-13-23(31-18)16-27(15-19-6-3-2-4-7-19)24(29)17-28(22-11-12-22)25(30)20-8-5-9-21(26)14-20/h2-10,13-14,22H,11-12,15-17H2,1H3. The van der Waals surface area contributed by atoms with Crippen LogP contribution in [0.1, 0.15) is 40.3 Å². The summed E-state index contributed by atoms with van der Waals surface area (Å²) in [7, 11) is 0. The number of amides is 2. The molecule has 1 aliphatic rings. The third kappa shape index (κ3) is 5.40. The number of nitrogens with zero attached hydrogens (tertiary/aromatic N) is 2. The number of carbonyl (C=O) groups excluding carboxylic acids is 2. The van der Waals surface area contributed by atoms with Crippen molar-refractivity contribution in [2.75, 3.05) is 6.54 Å². The van der Waals surface area contributed by atoms with Gasteiger partial charge in [0.2, 0.25) is 5.91 Å². The predicted octanol–water partition coefficient (Wildman–Crippen LogP) is 4.56. The highest BCUT2D eigenvalue weighted by atomic mass is 19.1. The van der Waals surface area contributed by atoms with Gasteiger partial charge in [-0.15, -0.1) is 0 Å². The van der Waals surface area contributed by atoms with Crippen LogP contribution < -0.4 is 0 Å². The average Bonchev–Trinajstić information content (AvgIpc) is 3.53. The van der Waals surface area contributed by atoms with Crippen molar-refractivity contribution in [3.05, 3.63) is 95.2 Å². The van der Waals surface area contributed by atoms with Crippen LogP contribution in [-0.4, -0.2) is 34.2 Å². The molecule has 0 aliphatic heterocycles. The molecule has 1 saturated carbocycles. The largest absolute Gasteiger partial charge is 0.464 e. The molecule has 2 amide bonds. The van der Waals surface area contributed by atoms with Crippen LogP contribution >= 0.6 is 0 Å². The molecule has 4 rings (SSSR count). The van der Waals surface area contributed by atoms with Gasteiger partial charge in [0.05, 0.1) is 6.54 Å². The Morgan fingerprint density at radius 1 is 1.00 bits per heavy atom. The zero-order valence-corrected chi connectivity index (χ0v) is 17.5. The Labute approximate surface area is 181 Å². The van der Waals surface area contributed by atoms with Crippen molar-refractivity contribution in [1.82, 2.24) is 9.80 Å². The minimum Gasteiger partial charge on any atom is -0.464 e. The van der Waals surface area contributed by atoms with E-state index in [1.807, 2.05) is 49.4 Å². The Kier molecular flexibility index (Phi) is 6.16. The van der Waals surface area contributed by atoms with Crippen LogP contribution in [0.3, 0.4) is 0 Å². The molecule has 0 unspecified atom stereocenters. The van der Waals surface area contributed by atoms with Gasteiger partial charge >= 0.3 is 0 Å². The molecule has 3 aromatic rings. The van der Waals surface area contributed by atoms with Crippen molar-refractivity contribution >= 4 is 11.8 Å². The summed E-state index contributed by atoms with van der Waals surface area (Å²) in [6.07, 6.45) is 1.70. The molecule has 0 atom stereocenters. The quantitative estimate of drug-likeness (QED) is 0.537. The van der Waals surface area contributed by atoms with Gasteiger partial charge in [-0.2, -0.15) is 0 Å². The molecule has 1 heterocycles. The number of hydrogen-bond acceptors (Lipinski definition) is 3. The molecule has 6 heteroatoms. The highest BCUT2D eigenvalue weighted by Gasteiger charge is 2.35. The van der Waals surface area contributed by atoms with E-state index in [9.17, 15) is 14.0 Å². The van der Waals surface area contributed by atoms with E-state index in [1.54, 1.807) is 15.9 Å². The summed E-state index contributed by atoms with van der Waals surface area (Å²) in [4.78, 5) is 29.6. The molecule has 160 valence electrons. The summed E-state index contributed by atoms with van der Waals surface area (Å²) in [5.41, 5.74) is 1.25. The lowest BCUT2D eigenvalue weighted by molar-refractivity contribution is -0.133. The van der Waals surface area contributed by atoms with Crippen LogP contribution in [0.5, 0.6) is 0 Å². The zero-order chi connectivity index (χ0) is 21.8. The van der Waals surface area contributed by atoms with Crippen molar-refractivity contribution in [1.29, 1.82) is 0 Å². The van der Waals surface area contributed by atoms with Crippen molar-refractivity contribution in [2.45, 2.75) is 38.9 Å². The fourth-order valence-electron chi connectivity index (χ4n) is 3.58. The van der Waals surface area contributed by atoms with Gasteiger partial charge in [0.25, 0.3) is 5.91 Å².